The van der Waals surface area contributed by atoms with E-state index in [9.17, 15) is 14.4 Å². The van der Waals surface area contributed by atoms with Gasteiger partial charge in [0, 0.05) is 37.9 Å². The molecule has 32 heavy (non-hydrogen) atoms. The van der Waals surface area contributed by atoms with Crippen LogP contribution >= 0.6 is 11.6 Å². The van der Waals surface area contributed by atoms with Gasteiger partial charge in [-0.25, -0.2) is 0 Å². The van der Waals surface area contributed by atoms with Gasteiger partial charge in [-0.3, -0.25) is 19.4 Å². The van der Waals surface area contributed by atoms with Gasteiger partial charge < -0.3 is 15.5 Å². The van der Waals surface area contributed by atoms with Crippen LogP contribution in [0.2, 0.25) is 5.02 Å². The van der Waals surface area contributed by atoms with E-state index in [1.807, 2.05) is 26.0 Å². The quantitative estimate of drug-likeness (QED) is 0.669. The Hall–Kier alpha value is -2.93. The van der Waals surface area contributed by atoms with E-state index in [2.05, 4.69) is 15.6 Å². The molecule has 0 radical (unpaired) electrons. The second-order valence-corrected chi connectivity index (χ2v) is 8.76. The highest BCUT2D eigenvalue weighted by Gasteiger charge is 2.33. The van der Waals surface area contributed by atoms with Crippen LogP contribution in [0.15, 0.2) is 48.8 Å². The minimum absolute atomic E-state index is 0.00613. The molecule has 2 heterocycles. The van der Waals surface area contributed by atoms with Gasteiger partial charge in [0.05, 0.1) is 10.6 Å². The lowest BCUT2D eigenvalue weighted by atomic mass is 9.94. The van der Waals surface area contributed by atoms with E-state index in [1.165, 1.54) is 0 Å². The second kappa shape index (κ2) is 11.1. The minimum atomic E-state index is -0.658. The third kappa shape index (κ3) is 6.07. The Kier molecular flexibility index (Phi) is 8.22. The SMILES string of the molecule is CC(C)C(NC(=O)c1ccccc1Cl)C(=O)N1CCC(C(=O)NCc2cccnc2)CC1. The molecule has 8 heteroatoms. The van der Waals surface area contributed by atoms with Crippen LogP contribution in [0.1, 0.15) is 42.6 Å². The first-order valence-corrected chi connectivity index (χ1v) is 11.3. The smallest absolute Gasteiger partial charge is 0.253 e. The first kappa shape index (κ1) is 23.7. The van der Waals surface area contributed by atoms with Crippen molar-refractivity contribution in [1.82, 2.24) is 20.5 Å². The zero-order valence-corrected chi connectivity index (χ0v) is 19.1. The summed E-state index contributed by atoms with van der Waals surface area (Å²) >= 11 is 6.12. The molecule has 7 nitrogen and oxygen atoms in total. The van der Waals surface area contributed by atoms with E-state index >= 15 is 0 Å². The van der Waals surface area contributed by atoms with Gasteiger partial charge in [0.25, 0.3) is 5.91 Å². The van der Waals surface area contributed by atoms with Gasteiger partial charge in [0.15, 0.2) is 0 Å². The van der Waals surface area contributed by atoms with E-state index in [1.54, 1.807) is 41.6 Å². The average Bonchev–Trinajstić information content (AvgIpc) is 2.81. The van der Waals surface area contributed by atoms with Crippen LogP contribution in [0.3, 0.4) is 0 Å². The molecule has 170 valence electrons. The molecule has 1 aliphatic heterocycles. The molecule has 2 aromatic rings. The fourth-order valence-electron chi connectivity index (χ4n) is 3.77. The van der Waals surface area contributed by atoms with Crippen LogP contribution in [-0.4, -0.2) is 46.7 Å². The zero-order valence-electron chi connectivity index (χ0n) is 18.4. The molecule has 0 bridgehead atoms. The number of nitrogens with one attached hydrogen (secondary N) is 2. The Morgan fingerprint density at radius 1 is 1.12 bits per heavy atom. The molecular weight excluding hydrogens is 428 g/mol. The largest absolute Gasteiger partial charge is 0.352 e. The molecule has 2 N–H and O–H groups in total. The Morgan fingerprint density at radius 3 is 2.47 bits per heavy atom. The van der Waals surface area contributed by atoms with Crippen molar-refractivity contribution in [2.24, 2.45) is 11.8 Å². The molecular formula is C24H29ClN4O3. The minimum Gasteiger partial charge on any atom is -0.352 e. The average molecular weight is 457 g/mol. The fourth-order valence-corrected chi connectivity index (χ4v) is 3.99. The second-order valence-electron chi connectivity index (χ2n) is 8.35. The number of benzene rings is 1. The summed E-state index contributed by atoms with van der Waals surface area (Å²) in [5.41, 5.74) is 1.29. The molecule has 1 aromatic heterocycles. The van der Waals surface area contributed by atoms with Crippen LogP contribution in [0, 0.1) is 11.8 Å². The first-order chi connectivity index (χ1) is 15.4. The lowest BCUT2D eigenvalue weighted by molar-refractivity contribution is -0.138. The first-order valence-electron chi connectivity index (χ1n) is 10.9. The van der Waals surface area contributed by atoms with Crippen molar-refractivity contribution in [2.75, 3.05) is 13.1 Å². The van der Waals surface area contributed by atoms with Crippen LogP contribution in [0.5, 0.6) is 0 Å². The van der Waals surface area contributed by atoms with Crippen molar-refractivity contribution >= 4 is 29.3 Å². The number of hydrogen-bond acceptors (Lipinski definition) is 4. The van der Waals surface area contributed by atoms with E-state index in [4.69, 9.17) is 11.6 Å². The lowest BCUT2D eigenvalue weighted by Gasteiger charge is -2.35. The summed E-state index contributed by atoms with van der Waals surface area (Å²) in [6.07, 6.45) is 4.60. The molecule has 1 aromatic carbocycles. The van der Waals surface area contributed by atoms with Gasteiger partial charge in [-0.1, -0.05) is 43.6 Å². The predicted molar refractivity (Wildman–Crippen MR) is 123 cm³/mol. The van der Waals surface area contributed by atoms with Crippen molar-refractivity contribution in [1.29, 1.82) is 0 Å². The Labute approximate surface area is 193 Å². The van der Waals surface area contributed by atoms with Crippen LogP contribution in [0.4, 0.5) is 0 Å². The van der Waals surface area contributed by atoms with Crippen LogP contribution in [-0.2, 0) is 16.1 Å². The number of likely N-dealkylation sites (tertiary alicyclic amines) is 1. The highest BCUT2D eigenvalue weighted by atomic mass is 35.5. The lowest BCUT2D eigenvalue weighted by Crippen LogP contribution is -2.53. The van der Waals surface area contributed by atoms with Gasteiger partial charge in [-0.2, -0.15) is 0 Å². The number of aromatic nitrogens is 1. The van der Waals surface area contributed by atoms with E-state index < -0.39 is 6.04 Å². The van der Waals surface area contributed by atoms with E-state index in [0.29, 0.717) is 43.1 Å². The van der Waals surface area contributed by atoms with Crippen molar-refractivity contribution in [3.63, 3.8) is 0 Å². The summed E-state index contributed by atoms with van der Waals surface area (Å²) in [7, 11) is 0. The Morgan fingerprint density at radius 2 is 1.84 bits per heavy atom. The summed E-state index contributed by atoms with van der Waals surface area (Å²) in [5, 5.41) is 6.14. The monoisotopic (exact) mass is 456 g/mol. The molecule has 3 rings (SSSR count). The topological polar surface area (TPSA) is 91.4 Å². The third-order valence-corrected chi connectivity index (χ3v) is 6.03. The molecule has 1 saturated heterocycles. The number of pyridine rings is 1. The number of carbonyl (C=O) groups excluding carboxylic acids is 3. The maximum atomic E-state index is 13.1. The van der Waals surface area contributed by atoms with Gasteiger partial charge in [-0.05, 0) is 42.5 Å². The summed E-state index contributed by atoms with van der Waals surface area (Å²) in [6.45, 7) is 5.20. The molecule has 1 fully saturated rings. The Balaban J connectivity index is 1.53. The normalized spacial score (nSPS) is 15.3. The Bertz CT molecular complexity index is 943. The van der Waals surface area contributed by atoms with Gasteiger partial charge in [0.1, 0.15) is 6.04 Å². The highest BCUT2D eigenvalue weighted by molar-refractivity contribution is 6.33. The van der Waals surface area contributed by atoms with Gasteiger partial charge in [-0.15, -0.1) is 0 Å². The maximum Gasteiger partial charge on any atom is 0.253 e. The molecule has 0 spiro atoms. The van der Waals surface area contributed by atoms with Crippen molar-refractivity contribution in [2.45, 2.75) is 39.3 Å². The molecule has 1 atom stereocenters. The highest BCUT2D eigenvalue weighted by Crippen LogP contribution is 2.20. The number of amides is 3. The summed E-state index contributed by atoms with van der Waals surface area (Å²) in [5.74, 6) is -0.726. The van der Waals surface area contributed by atoms with Crippen LogP contribution in [0.25, 0.3) is 0 Å². The maximum absolute atomic E-state index is 13.1. The molecule has 0 saturated carbocycles. The summed E-state index contributed by atoms with van der Waals surface area (Å²) in [6, 6.07) is 9.86. The van der Waals surface area contributed by atoms with Crippen molar-refractivity contribution in [3.8, 4) is 0 Å². The summed E-state index contributed by atoms with van der Waals surface area (Å²) < 4.78 is 0. The molecule has 1 unspecified atom stereocenters. The zero-order chi connectivity index (χ0) is 23.1. The standard InChI is InChI=1S/C24H29ClN4O3/c1-16(2)21(28-23(31)19-7-3-4-8-20(19)25)24(32)29-12-9-18(10-13-29)22(30)27-15-17-6-5-11-26-14-17/h3-8,11,14,16,18,21H,9-10,12-13,15H2,1-2H3,(H,27,30)(H,28,31). The third-order valence-electron chi connectivity index (χ3n) is 5.70. The fraction of sp³-hybridized carbons (Fsp3) is 0.417. The van der Waals surface area contributed by atoms with Crippen molar-refractivity contribution in [3.05, 3.63) is 64.9 Å². The summed E-state index contributed by atoms with van der Waals surface area (Å²) in [4.78, 5) is 44.1. The predicted octanol–water partition coefficient (Wildman–Crippen LogP) is 3.04. The van der Waals surface area contributed by atoms with Gasteiger partial charge in [0.2, 0.25) is 11.8 Å². The van der Waals surface area contributed by atoms with Crippen LogP contribution < -0.4 is 10.6 Å². The molecule has 1 aliphatic rings. The number of piperidine rings is 1. The van der Waals surface area contributed by atoms with E-state index in [0.717, 1.165) is 5.56 Å². The number of carbonyl (C=O) groups is 3. The van der Waals surface area contributed by atoms with E-state index in [-0.39, 0.29) is 29.6 Å². The molecule has 0 aliphatic carbocycles. The molecule has 3 amide bonds. The number of halogens is 1. The number of rotatable bonds is 7. The number of nitrogens with zero attached hydrogens (tertiary/aromatic N) is 2. The number of hydrogen-bond donors (Lipinski definition) is 2. The van der Waals surface area contributed by atoms with Crippen molar-refractivity contribution < 1.29 is 14.4 Å². The van der Waals surface area contributed by atoms with Gasteiger partial charge >= 0.3 is 0 Å².